The molecular formula is C35H51N3O3. The van der Waals surface area contributed by atoms with Crippen LogP contribution in [0.15, 0.2) is 69.8 Å². The molecule has 3 saturated heterocycles. The SMILES string of the molecule is C=CC1=C(C)C=C2NC(CC3NC4C(=C5NC(=CC(C)=C1C)C(C)C5CCC(=O)O)CC(O)C4C3C)C(CC)C2C. The van der Waals surface area contributed by atoms with E-state index in [1.807, 2.05) is 6.08 Å². The minimum atomic E-state index is -0.759. The van der Waals surface area contributed by atoms with Gasteiger partial charge in [-0.05, 0) is 91.9 Å². The lowest BCUT2D eigenvalue weighted by Crippen LogP contribution is -2.39. The van der Waals surface area contributed by atoms with Gasteiger partial charge in [-0.15, -0.1) is 0 Å². The van der Waals surface area contributed by atoms with E-state index in [-0.39, 0.29) is 36.3 Å². The average molecular weight is 562 g/mol. The van der Waals surface area contributed by atoms with Crippen molar-refractivity contribution in [2.75, 3.05) is 0 Å². The zero-order valence-electron chi connectivity index (χ0n) is 26.1. The number of aliphatic hydroxyl groups excluding tert-OH is 1. The second-order valence-corrected chi connectivity index (χ2v) is 13.5. The van der Waals surface area contributed by atoms with Crippen LogP contribution in [0.25, 0.3) is 0 Å². The Bertz CT molecular complexity index is 1250. The van der Waals surface area contributed by atoms with Gasteiger partial charge in [0.15, 0.2) is 0 Å². The van der Waals surface area contributed by atoms with Crippen molar-refractivity contribution in [2.45, 2.75) is 105 Å². The van der Waals surface area contributed by atoms with Gasteiger partial charge in [0.05, 0.1) is 6.10 Å². The summed E-state index contributed by atoms with van der Waals surface area (Å²) in [7, 11) is 0. The summed E-state index contributed by atoms with van der Waals surface area (Å²) in [5, 5.41) is 32.7. The van der Waals surface area contributed by atoms with E-state index < -0.39 is 5.97 Å². The third-order valence-electron chi connectivity index (χ3n) is 11.4. The summed E-state index contributed by atoms with van der Waals surface area (Å²) in [6, 6.07) is 0.802. The van der Waals surface area contributed by atoms with Crippen LogP contribution >= 0.6 is 0 Å². The van der Waals surface area contributed by atoms with Crippen LogP contribution in [0.1, 0.15) is 80.6 Å². The number of hydrogen-bond acceptors (Lipinski definition) is 5. The van der Waals surface area contributed by atoms with Crippen LogP contribution in [-0.2, 0) is 4.79 Å². The van der Waals surface area contributed by atoms with Crippen LogP contribution < -0.4 is 16.0 Å². The summed E-state index contributed by atoms with van der Waals surface area (Å²) in [5.74, 6) is 1.02. The summed E-state index contributed by atoms with van der Waals surface area (Å²) in [5.41, 5.74) is 9.59. The summed E-state index contributed by atoms with van der Waals surface area (Å²) in [6.07, 6.45) is 9.69. The molecule has 4 heterocycles. The molecule has 0 radical (unpaired) electrons. The molecule has 224 valence electrons. The van der Waals surface area contributed by atoms with Crippen molar-refractivity contribution in [3.63, 3.8) is 0 Å². The molecule has 41 heavy (non-hydrogen) atoms. The normalized spacial score (nSPS) is 38.9. The number of carboxylic acids is 1. The molecule has 6 heteroatoms. The lowest BCUT2D eigenvalue weighted by Gasteiger charge is -2.27. The molecule has 1 saturated carbocycles. The Labute approximate surface area is 246 Å². The van der Waals surface area contributed by atoms with Gasteiger partial charge in [-0.25, -0.2) is 0 Å². The molecule has 1 aliphatic carbocycles. The number of carboxylic acid groups (broad SMARTS) is 1. The monoisotopic (exact) mass is 561 g/mol. The lowest BCUT2D eigenvalue weighted by molar-refractivity contribution is -0.137. The topological polar surface area (TPSA) is 93.6 Å². The molecule has 5 rings (SSSR count). The summed E-state index contributed by atoms with van der Waals surface area (Å²) in [6.45, 7) is 19.9. The van der Waals surface area contributed by atoms with Crippen molar-refractivity contribution in [2.24, 2.45) is 35.5 Å². The Balaban J connectivity index is 1.67. The third-order valence-corrected chi connectivity index (χ3v) is 11.4. The fourth-order valence-electron chi connectivity index (χ4n) is 8.83. The Morgan fingerprint density at radius 1 is 1.07 bits per heavy atom. The fourth-order valence-corrected chi connectivity index (χ4v) is 8.83. The molecule has 4 aliphatic heterocycles. The van der Waals surface area contributed by atoms with Gasteiger partial charge in [-0.2, -0.15) is 0 Å². The molecule has 10 unspecified atom stereocenters. The quantitative estimate of drug-likeness (QED) is 0.284. The molecule has 0 aromatic rings. The smallest absolute Gasteiger partial charge is 0.303 e. The Morgan fingerprint density at radius 2 is 1.78 bits per heavy atom. The van der Waals surface area contributed by atoms with Crippen LogP contribution in [0.5, 0.6) is 0 Å². The number of hydrogen-bond donors (Lipinski definition) is 5. The first-order chi connectivity index (χ1) is 19.5. The van der Waals surface area contributed by atoms with Crippen molar-refractivity contribution in [3.8, 4) is 0 Å². The number of nitrogens with one attached hydrogen (secondary N) is 3. The Kier molecular flexibility index (Phi) is 8.46. The van der Waals surface area contributed by atoms with Gasteiger partial charge in [-0.3, -0.25) is 4.79 Å². The van der Waals surface area contributed by atoms with E-state index in [4.69, 9.17) is 0 Å². The number of carbonyl (C=O) groups is 1. The maximum Gasteiger partial charge on any atom is 0.303 e. The minimum Gasteiger partial charge on any atom is -0.481 e. The summed E-state index contributed by atoms with van der Waals surface area (Å²) < 4.78 is 0. The molecular weight excluding hydrogens is 510 g/mol. The largest absolute Gasteiger partial charge is 0.481 e. The van der Waals surface area contributed by atoms with Gasteiger partial charge < -0.3 is 26.2 Å². The van der Waals surface area contributed by atoms with E-state index in [1.165, 1.54) is 28.0 Å². The van der Waals surface area contributed by atoms with E-state index in [1.54, 1.807) is 0 Å². The second kappa shape index (κ2) is 11.6. The Morgan fingerprint density at radius 3 is 2.44 bits per heavy atom. The highest BCUT2D eigenvalue weighted by Crippen LogP contribution is 2.49. The van der Waals surface area contributed by atoms with Crippen LogP contribution in [-0.4, -0.2) is 40.4 Å². The van der Waals surface area contributed by atoms with Gasteiger partial charge >= 0.3 is 5.97 Å². The minimum absolute atomic E-state index is 0.0879. The number of rotatable bonds is 5. The van der Waals surface area contributed by atoms with E-state index >= 15 is 0 Å². The van der Waals surface area contributed by atoms with Gasteiger partial charge in [0.1, 0.15) is 0 Å². The van der Waals surface area contributed by atoms with Crippen molar-refractivity contribution >= 4 is 5.97 Å². The van der Waals surface area contributed by atoms with Crippen LogP contribution in [0, 0.1) is 35.5 Å². The van der Waals surface area contributed by atoms with Gasteiger partial charge in [0, 0.05) is 65.3 Å². The van der Waals surface area contributed by atoms with E-state index in [2.05, 4.69) is 83.1 Å². The first kappa shape index (κ1) is 29.9. The molecule has 4 fully saturated rings. The number of fused-ring (bicyclic) bond motifs is 5. The van der Waals surface area contributed by atoms with Gasteiger partial charge in [0.2, 0.25) is 0 Å². The summed E-state index contributed by atoms with van der Waals surface area (Å²) in [4.78, 5) is 11.6. The maximum absolute atomic E-state index is 11.6. The first-order valence-corrected chi connectivity index (χ1v) is 15.8. The number of aliphatic carboxylic acids is 1. The molecule has 0 aromatic heterocycles. The highest BCUT2D eigenvalue weighted by Gasteiger charge is 2.53. The molecule has 0 amide bonds. The van der Waals surface area contributed by atoms with E-state index in [0.717, 1.165) is 29.8 Å². The van der Waals surface area contributed by atoms with Crippen molar-refractivity contribution in [1.29, 1.82) is 0 Å². The summed E-state index contributed by atoms with van der Waals surface area (Å²) >= 11 is 0. The standard InChI is InChI=1S/C35H51N3O3/c1-9-23-18(4)14-27-20(6)24(10-2)30(36-27)16-29-22(8)33-31(39)15-26(35(33)38-29)34-25(11-12-32(40)41)21(7)28(37-34)13-17(3)19(23)5/h9,13-14,20-22,24-25,29-31,33,35-39H,1,10-12,15-16H2,2-8H3,(H,40,41). The predicted molar refractivity (Wildman–Crippen MR) is 166 cm³/mol. The van der Waals surface area contributed by atoms with Crippen LogP contribution in [0.2, 0.25) is 0 Å². The average Bonchev–Trinajstić information content (AvgIpc) is 3.60. The van der Waals surface area contributed by atoms with E-state index in [9.17, 15) is 15.0 Å². The zero-order valence-corrected chi connectivity index (χ0v) is 26.1. The highest BCUT2D eigenvalue weighted by atomic mass is 16.4. The molecule has 0 aromatic carbocycles. The fraction of sp³-hybridized carbons (Fsp3) is 0.629. The maximum atomic E-state index is 11.6. The van der Waals surface area contributed by atoms with Gasteiger partial charge in [-0.1, -0.05) is 46.8 Å². The van der Waals surface area contributed by atoms with E-state index in [0.29, 0.717) is 42.7 Å². The van der Waals surface area contributed by atoms with Gasteiger partial charge in [0.25, 0.3) is 0 Å². The molecule has 6 nitrogen and oxygen atoms in total. The number of allylic oxidation sites excluding steroid dienone is 10. The van der Waals surface area contributed by atoms with Crippen molar-refractivity contribution < 1.29 is 15.0 Å². The zero-order chi connectivity index (χ0) is 29.7. The highest BCUT2D eigenvalue weighted by molar-refractivity contribution is 5.66. The molecule has 5 N–H and O–H groups in total. The molecule has 10 atom stereocenters. The van der Waals surface area contributed by atoms with Crippen LogP contribution in [0.3, 0.4) is 0 Å². The second-order valence-electron chi connectivity index (χ2n) is 13.5. The lowest BCUT2D eigenvalue weighted by atomic mass is 9.81. The first-order valence-electron chi connectivity index (χ1n) is 15.8. The van der Waals surface area contributed by atoms with Crippen LogP contribution in [0.4, 0.5) is 0 Å². The third kappa shape index (κ3) is 5.27. The Hall–Kier alpha value is -2.57. The molecule has 5 aliphatic rings. The molecule has 6 bridgehead atoms. The van der Waals surface area contributed by atoms with Crippen molar-refractivity contribution in [3.05, 3.63) is 69.8 Å². The van der Waals surface area contributed by atoms with Crippen molar-refractivity contribution in [1.82, 2.24) is 16.0 Å². The molecule has 0 spiro atoms. The predicted octanol–water partition coefficient (Wildman–Crippen LogP) is 5.96. The number of aliphatic hydroxyl groups is 1.